The van der Waals surface area contributed by atoms with Crippen molar-refractivity contribution in [1.82, 2.24) is 9.80 Å². The van der Waals surface area contributed by atoms with E-state index in [-0.39, 0.29) is 17.9 Å². The number of ether oxygens (including phenoxy) is 2. The molecule has 0 saturated carbocycles. The van der Waals surface area contributed by atoms with Gasteiger partial charge in [-0.2, -0.15) is 0 Å². The Bertz CT molecular complexity index is 1250. The van der Waals surface area contributed by atoms with Crippen molar-refractivity contribution in [3.05, 3.63) is 94.0 Å². The standard InChI is InChI=1S/C32H39ClN2O4/c1-24-16-28(11-12-29(24)33)39-23-32(18-31(37)34(2)19-25-8-5-4-6-9-25)14-7-15-35(22-32)20-26-10-13-30(38-3)27(17-26)21-36/h4-6,8-13,16-17,36H,7,14-15,18-23H2,1-3H3. The molecular formula is C32H39ClN2O4. The number of rotatable bonds is 11. The Kier molecular flexibility index (Phi) is 9.89. The monoisotopic (exact) mass is 550 g/mol. The highest BCUT2D eigenvalue weighted by Gasteiger charge is 2.39. The first-order valence-electron chi connectivity index (χ1n) is 13.5. The lowest BCUT2D eigenvalue weighted by Gasteiger charge is -2.43. The van der Waals surface area contributed by atoms with E-state index in [0.717, 1.165) is 60.5 Å². The molecule has 1 heterocycles. The summed E-state index contributed by atoms with van der Waals surface area (Å²) in [5.41, 5.74) is 3.63. The highest BCUT2D eigenvalue weighted by atomic mass is 35.5. The number of aliphatic hydroxyl groups excluding tert-OH is 1. The molecule has 1 aliphatic heterocycles. The van der Waals surface area contributed by atoms with Crippen molar-refractivity contribution in [2.75, 3.05) is 33.9 Å². The number of halogens is 1. The van der Waals surface area contributed by atoms with E-state index in [4.69, 9.17) is 21.1 Å². The van der Waals surface area contributed by atoms with Crippen LogP contribution in [-0.4, -0.2) is 54.7 Å². The van der Waals surface area contributed by atoms with Gasteiger partial charge in [0.1, 0.15) is 11.5 Å². The van der Waals surface area contributed by atoms with Crippen LogP contribution in [0.1, 0.15) is 41.5 Å². The minimum absolute atomic E-state index is 0.0719. The number of carbonyl (C=O) groups excluding carboxylic acids is 1. The Morgan fingerprint density at radius 3 is 2.62 bits per heavy atom. The van der Waals surface area contributed by atoms with E-state index in [0.29, 0.717) is 30.3 Å². The highest BCUT2D eigenvalue weighted by molar-refractivity contribution is 6.31. The number of piperidine rings is 1. The third-order valence-corrected chi connectivity index (χ3v) is 7.97. The zero-order chi connectivity index (χ0) is 27.8. The van der Waals surface area contributed by atoms with E-state index in [2.05, 4.69) is 4.90 Å². The number of benzene rings is 3. The van der Waals surface area contributed by atoms with Gasteiger partial charge in [0.15, 0.2) is 0 Å². The van der Waals surface area contributed by atoms with Gasteiger partial charge in [0.2, 0.25) is 5.91 Å². The summed E-state index contributed by atoms with van der Waals surface area (Å²) in [7, 11) is 3.49. The Morgan fingerprint density at radius 1 is 1.10 bits per heavy atom. The largest absolute Gasteiger partial charge is 0.496 e. The van der Waals surface area contributed by atoms with Crippen molar-refractivity contribution in [3.63, 3.8) is 0 Å². The van der Waals surface area contributed by atoms with Crippen molar-refractivity contribution in [1.29, 1.82) is 0 Å². The van der Waals surface area contributed by atoms with Gasteiger partial charge < -0.3 is 19.5 Å². The number of likely N-dealkylation sites (tertiary alicyclic amines) is 1. The smallest absolute Gasteiger partial charge is 0.223 e. The van der Waals surface area contributed by atoms with E-state index in [1.54, 1.807) is 7.11 Å². The van der Waals surface area contributed by atoms with Crippen LogP contribution < -0.4 is 9.47 Å². The summed E-state index contributed by atoms with van der Waals surface area (Å²) in [5.74, 6) is 1.57. The highest BCUT2D eigenvalue weighted by Crippen LogP contribution is 2.36. The van der Waals surface area contributed by atoms with Gasteiger partial charge in [-0.15, -0.1) is 0 Å². The van der Waals surface area contributed by atoms with E-state index >= 15 is 0 Å². The first kappa shape index (κ1) is 28.9. The summed E-state index contributed by atoms with van der Waals surface area (Å²) in [6.07, 6.45) is 2.29. The second-order valence-electron chi connectivity index (χ2n) is 10.7. The summed E-state index contributed by atoms with van der Waals surface area (Å²) in [4.78, 5) is 17.8. The second kappa shape index (κ2) is 13.3. The molecular weight excluding hydrogens is 512 g/mol. The van der Waals surface area contributed by atoms with Gasteiger partial charge in [0, 0.05) is 49.1 Å². The zero-order valence-corrected chi connectivity index (χ0v) is 23.9. The van der Waals surface area contributed by atoms with Crippen molar-refractivity contribution >= 4 is 17.5 Å². The first-order chi connectivity index (χ1) is 18.8. The van der Waals surface area contributed by atoms with Gasteiger partial charge >= 0.3 is 0 Å². The lowest BCUT2D eigenvalue weighted by Crippen LogP contribution is -2.48. The molecule has 1 atom stereocenters. The molecule has 1 amide bonds. The average Bonchev–Trinajstić information content (AvgIpc) is 2.94. The van der Waals surface area contributed by atoms with E-state index in [1.807, 2.05) is 85.6 Å². The van der Waals surface area contributed by atoms with Crippen molar-refractivity contribution in [2.45, 2.75) is 45.9 Å². The minimum atomic E-state index is -0.333. The maximum atomic E-state index is 13.5. The first-order valence-corrected chi connectivity index (χ1v) is 13.8. The van der Waals surface area contributed by atoms with Crippen molar-refractivity contribution in [2.24, 2.45) is 5.41 Å². The molecule has 208 valence electrons. The molecule has 0 spiro atoms. The molecule has 0 bridgehead atoms. The third kappa shape index (κ3) is 7.75. The molecule has 1 N–H and O–H groups in total. The molecule has 6 nitrogen and oxygen atoms in total. The third-order valence-electron chi connectivity index (χ3n) is 7.55. The van der Waals surface area contributed by atoms with E-state index in [9.17, 15) is 9.90 Å². The van der Waals surface area contributed by atoms with E-state index < -0.39 is 0 Å². The molecule has 1 fully saturated rings. The number of nitrogens with zero attached hydrogens (tertiary/aromatic N) is 2. The number of aryl methyl sites for hydroxylation is 1. The molecule has 0 aliphatic carbocycles. The van der Waals surface area contributed by atoms with Gasteiger partial charge in [0.05, 0.1) is 20.3 Å². The number of aliphatic hydroxyl groups is 1. The fourth-order valence-corrected chi connectivity index (χ4v) is 5.53. The van der Waals surface area contributed by atoms with Crippen LogP contribution in [0.4, 0.5) is 0 Å². The Balaban J connectivity index is 1.52. The number of methoxy groups -OCH3 is 1. The predicted octanol–water partition coefficient (Wildman–Crippen LogP) is 5.86. The van der Waals surface area contributed by atoms with Crippen LogP contribution >= 0.6 is 11.6 Å². The number of amides is 1. The molecule has 3 aromatic rings. The molecule has 1 unspecified atom stereocenters. The topological polar surface area (TPSA) is 62.2 Å². The SMILES string of the molecule is COc1ccc(CN2CCCC(COc3ccc(Cl)c(C)c3)(CC(=O)N(C)Cc3ccccc3)C2)cc1CO. The van der Waals surface area contributed by atoms with Gasteiger partial charge in [-0.3, -0.25) is 9.69 Å². The molecule has 1 saturated heterocycles. The maximum absolute atomic E-state index is 13.5. The molecule has 4 rings (SSSR count). The van der Waals surface area contributed by atoms with Crippen LogP contribution in [0.15, 0.2) is 66.7 Å². The van der Waals surface area contributed by atoms with Crippen LogP contribution in [0.3, 0.4) is 0 Å². The Labute approximate surface area is 237 Å². The summed E-state index contributed by atoms with van der Waals surface area (Å²) < 4.78 is 11.7. The average molecular weight is 551 g/mol. The van der Waals surface area contributed by atoms with Crippen LogP contribution in [0, 0.1) is 12.3 Å². The summed E-state index contributed by atoms with van der Waals surface area (Å²) in [6.45, 7) is 5.32. The second-order valence-corrected chi connectivity index (χ2v) is 11.1. The summed E-state index contributed by atoms with van der Waals surface area (Å²) >= 11 is 6.23. The van der Waals surface area contributed by atoms with Gasteiger partial charge in [0.25, 0.3) is 0 Å². The zero-order valence-electron chi connectivity index (χ0n) is 23.2. The van der Waals surface area contributed by atoms with Gasteiger partial charge in [-0.1, -0.05) is 48.0 Å². The minimum Gasteiger partial charge on any atom is -0.496 e. The Morgan fingerprint density at radius 2 is 1.90 bits per heavy atom. The summed E-state index contributed by atoms with van der Waals surface area (Å²) in [6, 6.07) is 21.7. The fraction of sp³-hybridized carbons (Fsp3) is 0.406. The van der Waals surface area contributed by atoms with Crippen LogP contribution in [0.2, 0.25) is 5.02 Å². The number of carbonyl (C=O) groups is 1. The normalized spacial score (nSPS) is 17.6. The molecule has 7 heteroatoms. The quantitative estimate of drug-likeness (QED) is 0.324. The van der Waals surface area contributed by atoms with Crippen LogP contribution in [-0.2, 0) is 24.5 Å². The summed E-state index contributed by atoms with van der Waals surface area (Å²) in [5, 5.41) is 10.5. The molecule has 0 radical (unpaired) electrons. The van der Waals surface area contributed by atoms with Crippen molar-refractivity contribution in [3.8, 4) is 11.5 Å². The molecule has 0 aromatic heterocycles. The van der Waals surface area contributed by atoms with Gasteiger partial charge in [-0.25, -0.2) is 0 Å². The lowest BCUT2D eigenvalue weighted by atomic mass is 9.77. The molecule has 3 aromatic carbocycles. The Hall–Kier alpha value is -3.06. The van der Waals surface area contributed by atoms with Crippen molar-refractivity contribution < 1.29 is 19.4 Å². The fourth-order valence-electron chi connectivity index (χ4n) is 5.41. The number of hydrogen-bond donors (Lipinski definition) is 1. The lowest BCUT2D eigenvalue weighted by molar-refractivity contribution is -0.135. The van der Waals surface area contributed by atoms with Crippen LogP contribution in [0.5, 0.6) is 11.5 Å². The van der Waals surface area contributed by atoms with E-state index in [1.165, 1.54) is 0 Å². The maximum Gasteiger partial charge on any atom is 0.223 e. The van der Waals surface area contributed by atoms with Crippen LogP contribution in [0.25, 0.3) is 0 Å². The molecule has 39 heavy (non-hydrogen) atoms. The predicted molar refractivity (Wildman–Crippen MR) is 155 cm³/mol. The number of hydrogen-bond acceptors (Lipinski definition) is 5. The molecule has 1 aliphatic rings. The van der Waals surface area contributed by atoms with Gasteiger partial charge in [-0.05, 0) is 73.3 Å².